The van der Waals surface area contributed by atoms with Crippen LogP contribution in [0, 0.1) is 11.6 Å². The summed E-state index contributed by atoms with van der Waals surface area (Å²) in [7, 11) is 0. The average molecular weight is 187 g/mol. The predicted octanol–water partition coefficient (Wildman–Crippen LogP) is 2.62. The van der Waals surface area contributed by atoms with E-state index in [4.69, 9.17) is 0 Å². The van der Waals surface area contributed by atoms with Gasteiger partial charge in [0.05, 0.1) is 5.71 Å². The van der Waals surface area contributed by atoms with Crippen LogP contribution in [0.4, 0.5) is 8.78 Å². The van der Waals surface area contributed by atoms with Crippen LogP contribution in [0.15, 0.2) is 22.6 Å². The first-order valence-corrected chi connectivity index (χ1v) is 3.70. The van der Waals surface area contributed by atoms with Gasteiger partial charge in [0.15, 0.2) is 11.6 Å². The number of hydrogen-bond donors (Lipinski definition) is 1. The molecule has 64 valence electrons. The molecule has 0 aliphatic carbocycles. The van der Waals surface area contributed by atoms with Gasteiger partial charge in [0.2, 0.25) is 0 Å². The highest BCUT2D eigenvalue weighted by Crippen LogP contribution is 2.12. The summed E-state index contributed by atoms with van der Waals surface area (Å²) in [6, 6.07) is 3.94. The maximum Gasteiger partial charge on any atom is 0.167 e. The Morgan fingerprint density at radius 3 is 2.67 bits per heavy atom. The van der Waals surface area contributed by atoms with Crippen molar-refractivity contribution in [2.45, 2.75) is 6.92 Å². The molecule has 1 aromatic rings. The van der Waals surface area contributed by atoms with Gasteiger partial charge in [-0.05, 0) is 31.9 Å². The van der Waals surface area contributed by atoms with Crippen molar-refractivity contribution in [3.05, 3.63) is 35.4 Å². The molecule has 0 heterocycles. The molecule has 0 spiro atoms. The molecule has 0 bridgehead atoms. The minimum atomic E-state index is -0.882. The molecule has 0 fully saturated rings. The molecule has 1 nitrogen and oxygen atoms in total. The lowest BCUT2D eigenvalue weighted by Gasteiger charge is -2.00. The Hall–Kier alpha value is -0.900. The Bertz CT molecular complexity index is 323. The fraction of sp³-hybridized carbons (Fsp3) is 0.125. The zero-order valence-corrected chi connectivity index (χ0v) is 7.28. The summed E-state index contributed by atoms with van der Waals surface area (Å²) in [5.41, 5.74) is 0.500. The fourth-order valence-corrected chi connectivity index (χ4v) is 0.945. The second kappa shape index (κ2) is 3.67. The zero-order chi connectivity index (χ0) is 9.14. The summed E-state index contributed by atoms with van der Waals surface area (Å²) in [5, 5.41) is 0. The van der Waals surface area contributed by atoms with E-state index in [2.05, 4.69) is 17.2 Å². The molecule has 1 aromatic carbocycles. The first-order valence-electron chi connectivity index (χ1n) is 3.30. The molecule has 0 radical (unpaired) electrons. The van der Waals surface area contributed by atoms with Gasteiger partial charge in [0.25, 0.3) is 0 Å². The van der Waals surface area contributed by atoms with Crippen LogP contribution in [0.2, 0.25) is 0 Å². The van der Waals surface area contributed by atoms with Gasteiger partial charge in [0, 0.05) is 5.56 Å². The van der Waals surface area contributed by atoms with Crippen LogP contribution in [-0.4, -0.2) is 5.71 Å². The van der Waals surface area contributed by atoms with Gasteiger partial charge in [-0.15, -0.1) is 0 Å². The van der Waals surface area contributed by atoms with Crippen molar-refractivity contribution < 1.29 is 8.78 Å². The topological polar surface area (TPSA) is 12.4 Å². The molecule has 0 N–H and O–H groups in total. The molecular weight excluding hydrogens is 180 g/mol. The maximum absolute atomic E-state index is 12.9. The van der Waals surface area contributed by atoms with Crippen LogP contribution in [-0.2, 0) is 0 Å². The molecule has 0 saturated carbocycles. The smallest absolute Gasteiger partial charge is 0.167 e. The zero-order valence-electron chi connectivity index (χ0n) is 6.38. The van der Waals surface area contributed by atoms with Gasteiger partial charge in [-0.1, -0.05) is 6.07 Å². The van der Waals surface area contributed by atoms with Crippen molar-refractivity contribution >= 4 is 18.5 Å². The largest absolute Gasteiger partial charge is 0.224 e. The number of benzene rings is 1. The Labute approximate surface area is 74.7 Å². The third kappa shape index (κ3) is 1.64. The van der Waals surface area contributed by atoms with Crippen LogP contribution in [0.25, 0.3) is 0 Å². The van der Waals surface area contributed by atoms with E-state index >= 15 is 0 Å². The van der Waals surface area contributed by atoms with Crippen LogP contribution >= 0.6 is 12.8 Å². The van der Waals surface area contributed by atoms with Crippen molar-refractivity contribution in [3.8, 4) is 0 Å². The molecule has 0 aliphatic rings. The molecule has 0 amide bonds. The molecule has 0 aliphatic heterocycles. The van der Waals surface area contributed by atoms with E-state index in [0.29, 0.717) is 5.71 Å². The highest BCUT2D eigenvalue weighted by molar-refractivity contribution is 7.79. The van der Waals surface area contributed by atoms with Gasteiger partial charge < -0.3 is 0 Å². The Kier molecular flexibility index (Phi) is 2.81. The molecule has 0 unspecified atom stereocenters. The number of rotatable bonds is 1. The van der Waals surface area contributed by atoms with Gasteiger partial charge >= 0.3 is 0 Å². The lowest BCUT2D eigenvalue weighted by Crippen LogP contribution is -1.99. The van der Waals surface area contributed by atoms with E-state index in [1.165, 1.54) is 12.1 Å². The fourth-order valence-electron chi connectivity index (χ4n) is 0.837. The van der Waals surface area contributed by atoms with E-state index < -0.39 is 11.6 Å². The molecule has 0 atom stereocenters. The molecule has 1 rings (SSSR count). The summed E-state index contributed by atoms with van der Waals surface area (Å²) in [4.78, 5) is 0. The maximum atomic E-state index is 12.9. The number of halogens is 2. The predicted molar refractivity (Wildman–Crippen MR) is 47.6 cm³/mol. The first-order chi connectivity index (χ1) is 5.66. The SMILES string of the molecule is C/C(=N\S)c1cccc(F)c1F. The van der Waals surface area contributed by atoms with Gasteiger partial charge in [0.1, 0.15) is 0 Å². The van der Waals surface area contributed by atoms with E-state index in [-0.39, 0.29) is 5.56 Å². The second-order valence-electron chi connectivity index (χ2n) is 2.29. The second-order valence-corrected chi connectivity index (χ2v) is 2.49. The van der Waals surface area contributed by atoms with Crippen LogP contribution < -0.4 is 0 Å². The van der Waals surface area contributed by atoms with Crippen molar-refractivity contribution in [1.29, 1.82) is 0 Å². The van der Waals surface area contributed by atoms with Crippen molar-refractivity contribution in [2.24, 2.45) is 4.40 Å². The third-order valence-corrected chi connectivity index (χ3v) is 1.79. The van der Waals surface area contributed by atoms with Crippen molar-refractivity contribution in [3.63, 3.8) is 0 Å². The quantitative estimate of drug-likeness (QED) is 0.512. The van der Waals surface area contributed by atoms with Crippen LogP contribution in [0.3, 0.4) is 0 Å². The summed E-state index contributed by atoms with van der Waals surface area (Å²) in [6.07, 6.45) is 0. The molecule has 4 heteroatoms. The number of nitrogens with zero attached hydrogens (tertiary/aromatic N) is 1. The molecule has 0 saturated heterocycles. The van der Waals surface area contributed by atoms with Gasteiger partial charge in [-0.25, -0.2) is 13.2 Å². The Morgan fingerprint density at radius 2 is 2.08 bits per heavy atom. The average Bonchev–Trinajstić information content (AvgIpc) is 2.08. The highest BCUT2D eigenvalue weighted by Gasteiger charge is 2.08. The van der Waals surface area contributed by atoms with Crippen molar-refractivity contribution in [1.82, 2.24) is 0 Å². The standard InChI is InChI=1S/C8H7F2NS/c1-5(11-12)6-3-2-4-7(9)8(6)10/h2-4,12H,1H3/b11-5+. The normalized spacial score (nSPS) is 11.8. The lowest BCUT2D eigenvalue weighted by atomic mass is 10.1. The minimum absolute atomic E-state index is 0.144. The van der Waals surface area contributed by atoms with Crippen LogP contribution in [0.1, 0.15) is 12.5 Å². The summed E-state index contributed by atoms with van der Waals surface area (Å²) in [5.74, 6) is -1.75. The number of thiol groups is 1. The van der Waals surface area contributed by atoms with E-state index in [9.17, 15) is 8.78 Å². The lowest BCUT2D eigenvalue weighted by molar-refractivity contribution is 0.507. The van der Waals surface area contributed by atoms with Crippen molar-refractivity contribution in [2.75, 3.05) is 0 Å². The summed E-state index contributed by atoms with van der Waals surface area (Å²) in [6.45, 7) is 1.56. The van der Waals surface area contributed by atoms with E-state index in [1.54, 1.807) is 6.92 Å². The highest BCUT2D eigenvalue weighted by atomic mass is 32.1. The van der Waals surface area contributed by atoms with Gasteiger partial charge in [-0.2, -0.15) is 0 Å². The Morgan fingerprint density at radius 1 is 1.42 bits per heavy atom. The third-order valence-electron chi connectivity index (χ3n) is 1.49. The summed E-state index contributed by atoms with van der Waals surface area (Å²) >= 11 is 3.61. The molecular formula is C8H7F2NS. The van der Waals surface area contributed by atoms with Gasteiger partial charge in [-0.3, -0.25) is 0 Å². The Balaban J connectivity index is 3.26. The monoisotopic (exact) mass is 187 g/mol. The van der Waals surface area contributed by atoms with E-state index in [0.717, 1.165) is 6.07 Å². The van der Waals surface area contributed by atoms with Crippen LogP contribution in [0.5, 0.6) is 0 Å². The number of hydrogen-bond acceptors (Lipinski definition) is 2. The minimum Gasteiger partial charge on any atom is -0.224 e. The molecule has 0 aromatic heterocycles. The molecule has 12 heavy (non-hydrogen) atoms. The first kappa shape index (κ1) is 9.19. The van der Waals surface area contributed by atoms with E-state index in [1.807, 2.05) is 0 Å². The summed E-state index contributed by atoms with van der Waals surface area (Å²) < 4.78 is 29.0.